The monoisotopic (exact) mass is 249 g/mol. The number of carbonyl (C=O) groups excluding carboxylic acids is 1. The topological polar surface area (TPSA) is 64.9 Å². The Hall–Kier alpha value is -1.57. The summed E-state index contributed by atoms with van der Waals surface area (Å²) in [6.07, 6.45) is 1.87. The number of rotatable bonds is 2. The predicted octanol–water partition coefficient (Wildman–Crippen LogP) is 1.90. The average Bonchev–Trinajstić information content (AvgIpc) is 2.85. The number of anilines is 1. The Morgan fingerprint density at radius 3 is 3.06 bits per heavy atom. The van der Waals surface area contributed by atoms with Gasteiger partial charge in [0.25, 0.3) is 0 Å². The first kappa shape index (κ1) is 11.9. The summed E-state index contributed by atoms with van der Waals surface area (Å²) in [5.41, 5.74) is 0.966. The smallest absolute Gasteiger partial charge is 0.241 e. The first-order valence-corrected chi connectivity index (χ1v) is 5.82. The number of carbonyl (C=O) groups is 1. The number of nitriles is 1. The van der Waals surface area contributed by atoms with Crippen molar-refractivity contribution in [1.29, 1.82) is 5.26 Å². The third kappa shape index (κ3) is 2.76. The number of nitrogens with zero attached hydrogens (tertiary/aromatic N) is 1. The van der Waals surface area contributed by atoms with E-state index in [4.69, 9.17) is 16.9 Å². The van der Waals surface area contributed by atoms with Crippen LogP contribution in [-0.2, 0) is 4.79 Å². The molecule has 1 atom stereocenters. The highest BCUT2D eigenvalue weighted by Crippen LogP contribution is 2.20. The van der Waals surface area contributed by atoms with Crippen molar-refractivity contribution in [3.05, 3.63) is 28.8 Å². The molecule has 0 aromatic heterocycles. The Morgan fingerprint density at radius 1 is 1.59 bits per heavy atom. The maximum absolute atomic E-state index is 11.8. The van der Waals surface area contributed by atoms with Crippen molar-refractivity contribution in [3.8, 4) is 6.07 Å². The molecule has 1 fully saturated rings. The molecule has 1 aromatic rings. The molecule has 1 saturated heterocycles. The van der Waals surface area contributed by atoms with E-state index in [9.17, 15) is 4.79 Å². The molecule has 5 heteroatoms. The lowest BCUT2D eigenvalue weighted by Crippen LogP contribution is -2.35. The third-order valence-corrected chi connectivity index (χ3v) is 3.06. The van der Waals surface area contributed by atoms with E-state index in [2.05, 4.69) is 10.6 Å². The largest absolute Gasteiger partial charge is 0.325 e. The molecule has 2 N–H and O–H groups in total. The van der Waals surface area contributed by atoms with E-state index in [1.54, 1.807) is 18.2 Å². The molecule has 1 aliphatic rings. The van der Waals surface area contributed by atoms with Crippen molar-refractivity contribution in [1.82, 2.24) is 5.32 Å². The van der Waals surface area contributed by atoms with Crippen molar-refractivity contribution >= 4 is 23.2 Å². The van der Waals surface area contributed by atoms with E-state index in [1.807, 2.05) is 6.07 Å². The van der Waals surface area contributed by atoms with Crippen LogP contribution >= 0.6 is 11.6 Å². The highest BCUT2D eigenvalue weighted by atomic mass is 35.5. The summed E-state index contributed by atoms with van der Waals surface area (Å²) in [5.74, 6) is -0.0614. The minimum absolute atomic E-state index is 0.0614. The molecular weight excluding hydrogens is 238 g/mol. The van der Waals surface area contributed by atoms with Crippen molar-refractivity contribution in [3.63, 3.8) is 0 Å². The molecule has 1 aliphatic heterocycles. The van der Waals surface area contributed by atoms with Crippen LogP contribution in [0.5, 0.6) is 0 Å². The van der Waals surface area contributed by atoms with Gasteiger partial charge in [0.05, 0.1) is 16.6 Å². The summed E-state index contributed by atoms with van der Waals surface area (Å²) in [4.78, 5) is 11.8. The molecule has 1 aromatic carbocycles. The van der Waals surface area contributed by atoms with Gasteiger partial charge >= 0.3 is 0 Å². The first-order valence-electron chi connectivity index (χ1n) is 5.44. The van der Waals surface area contributed by atoms with Crippen molar-refractivity contribution < 1.29 is 4.79 Å². The fourth-order valence-corrected chi connectivity index (χ4v) is 1.99. The summed E-state index contributed by atoms with van der Waals surface area (Å²) in [6, 6.07) is 6.73. The number of hydrogen-bond donors (Lipinski definition) is 2. The van der Waals surface area contributed by atoms with E-state index >= 15 is 0 Å². The average molecular weight is 250 g/mol. The van der Waals surface area contributed by atoms with Gasteiger partial charge in [-0.05, 0) is 37.6 Å². The van der Waals surface area contributed by atoms with E-state index in [0.717, 1.165) is 19.4 Å². The summed E-state index contributed by atoms with van der Waals surface area (Å²) in [6.45, 7) is 0.877. The predicted molar refractivity (Wildman–Crippen MR) is 65.8 cm³/mol. The third-order valence-electron chi connectivity index (χ3n) is 2.73. The Bertz CT molecular complexity index is 475. The standard InChI is InChI=1S/C12H12ClN3O/c13-10-4-3-9(6-8(10)7-14)16-12(17)11-2-1-5-15-11/h3-4,6,11,15H,1-2,5H2,(H,16,17)/t11-/m0/s1. The Morgan fingerprint density at radius 2 is 2.41 bits per heavy atom. The van der Waals surface area contributed by atoms with Crippen molar-refractivity contribution in [2.45, 2.75) is 18.9 Å². The van der Waals surface area contributed by atoms with E-state index in [0.29, 0.717) is 16.3 Å². The molecule has 2 rings (SSSR count). The second-order valence-electron chi connectivity index (χ2n) is 3.94. The first-order chi connectivity index (χ1) is 8.20. The van der Waals surface area contributed by atoms with Gasteiger partial charge in [-0.2, -0.15) is 5.26 Å². The van der Waals surface area contributed by atoms with Crippen LogP contribution < -0.4 is 10.6 Å². The Labute approximate surface area is 105 Å². The minimum atomic E-state index is -0.129. The number of amides is 1. The SMILES string of the molecule is N#Cc1cc(NC(=O)[C@@H]2CCCN2)ccc1Cl. The fourth-order valence-electron chi connectivity index (χ4n) is 1.83. The van der Waals surface area contributed by atoms with Crippen LogP contribution in [0.25, 0.3) is 0 Å². The van der Waals surface area contributed by atoms with Crippen molar-refractivity contribution in [2.24, 2.45) is 0 Å². The van der Waals surface area contributed by atoms with Gasteiger partial charge in [0.2, 0.25) is 5.91 Å². The molecule has 0 saturated carbocycles. The molecule has 0 bridgehead atoms. The fraction of sp³-hybridized carbons (Fsp3) is 0.333. The van der Waals surface area contributed by atoms with Crippen LogP contribution in [0, 0.1) is 11.3 Å². The van der Waals surface area contributed by atoms with E-state index < -0.39 is 0 Å². The molecule has 88 valence electrons. The lowest BCUT2D eigenvalue weighted by molar-refractivity contribution is -0.117. The Kier molecular flexibility index (Phi) is 3.62. The highest BCUT2D eigenvalue weighted by Gasteiger charge is 2.21. The molecular formula is C12H12ClN3O. The van der Waals surface area contributed by atoms with Gasteiger partial charge in [-0.1, -0.05) is 11.6 Å². The summed E-state index contributed by atoms with van der Waals surface area (Å²) < 4.78 is 0. The van der Waals surface area contributed by atoms with Crippen molar-refractivity contribution in [2.75, 3.05) is 11.9 Å². The zero-order valence-corrected chi connectivity index (χ0v) is 9.92. The van der Waals surface area contributed by atoms with Crippen LogP contribution in [0.1, 0.15) is 18.4 Å². The van der Waals surface area contributed by atoms with Gasteiger partial charge in [0.1, 0.15) is 6.07 Å². The number of nitrogens with one attached hydrogen (secondary N) is 2. The molecule has 1 amide bonds. The highest BCUT2D eigenvalue weighted by molar-refractivity contribution is 6.31. The maximum Gasteiger partial charge on any atom is 0.241 e. The van der Waals surface area contributed by atoms with E-state index in [1.165, 1.54) is 0 Å². The molecule has 0 aliphatic carbocycles. The lowest BCUT2D eigenvalue weighted by atomic mass is 10.2. The Balaban J connectivity index is 2.08. The summed E-state index contributed by atoms with van der Waals surface area (Å²) in [7, 11) is 0. The summed E-state index contributed by atoms with van der Waals surface area (Å²) in [5, 5.41) is 15.1. The van der Waals surface area contributed by atoms with Gasteiger partial charge in [-0.3, -0.25) is 4.79 Å². The maximum atomic E-state index is 11.8. The quantitative estimate of drug-likeness (QED) is 0.841. The van der Waals surface area contributed by atoms with Gasteiger partial charge < -0.3 is 10.6 Å². The van der Waals surface area contributed by atoms with Crippen LogP contribution in [-0.4, -0.2) is 18.5 Å². The van der Waals surface area contributed by atoms with Crippen LogP contribution in [0.3, 0.4) is 0 Å². The molecule has 1 heterocycles. The lowest BCUT2D eigenvalue weighted by Gasteiger charge is -2.11. The molecule has 0 radical (unpaired) electrons. The van der Waals surface area contributed by atoms with Crippen LogP contribution in [0.4, 0.5) is 5.69 Å². The van der Waals surface area contributed by atoms with Gasteiger partial charge in [0.15, 0.2) is 0 Å². The normalized spacial score (nSPS) is 18.7. The number of hydrogen-bond acceptors (Lipinski definition) is 3. The van der Waals surface area contributed by atoms with E-state index in [-0.39, 0.29) is 11.9 Å². The second kappa shape index (κ2) is 5.17. The van der Waals surface area contributed by atoms with Gasteiger partial charge in [-0.25, -0.2) is 0 Å². The van der Waals surface area contributed by atoms with Gasteiger partial charge in [0, 0.05) is 5.69 Å². The second-order valence-corrected chi connectivity index (χ2v) is 4.35. The molecule has 0 spiro atoms. The number of benzene rings is 1. The van der Waals surface area contributed by atoms with Gasteiger partial charge in [-0.15, -0.1) is 0 Å². The molecule has 17 heavy (non-hydrogen) atoms. The minimum Gasteiger partial charge on any atom is -0.325 e. The van der Waals surface area contributed by atoms with Crippen LogP contribution in [0.15, 0.2) is 18.2 Å². The zero-order valence-electron chi connectivity index (χ0n) is 9.16. The zero-order chi connectivity index (χ0) is 12.3. The summed E-state index contributed by atoms with van der Waals surface area (Å²) >= 11 is 5.81. The molecule has 4 nitrogen and oxygen atoms in total. The number of halogens is 1. The van der Waals surface area contributed by atoms with Crippen LogP contribution in [0.2, 0.25) is 5.02 Å². The molecule has 0 unspecified atom stereocenters.